The molecule has 1 unspecified atom stereocenters. The Hall–Kier alpha value is -2.45. The van der Waals surface area contributed by atoms with Crippen molar-refractivity contribution in [1.29, 1.82) is 0 Å². The van der Waals surface area contributed by atoms with Gasteiger partial charge in [-0.05, 0) is 46.2 Å². The average Bonchev–Trinajstić information content (AvgIpc) is 2.85. The standard InChI is InChI=1S/C21H16F3NO2S2/c1-28-19-13-18(16-9-3-2-4-10-17(16)19)20-15-8-6-5-7-14(15)11-12-25(20)29(26,27)21(22,23)24/h2-13,20H,1H3. The lowest BCUT2D eigenvalue weighted by Gasteiger charge is -2.34. The van der Waals surface area contributed by atoms with Gasteiger partial charge >= 0.3 is 15.5 Å². The second-order valence-corrected chi connectivity index (χ2v) is 9.22. The van der Waals surface area contributed by atoms with Crippen molar-refractivity contribution in [2.45, 2.75) is 16.4 Å². The molecule has 1 atom stereocenters. The molecule has 1 aromatic rings. The number of hydrogen-bond donors (Lipinski definition) is 0. The van der Waals surface area contributed by atoms with E-state index in [-0.39, 0.29) is 0 Å². The predicted molar refractivity (Wildman–Crippen MR) is 109 cm³/mol. The van der Waals surface area contributed by atoms with E-state index in [1.807, 2.05) is 30.5 Å². The van der Waals surface area contributed by atoms with Crippen LogP contribution in [-0.2, 0) is 10.0 Å². The Bertz CT molecular complexity index is 1170. The average molecular weight is 435 g/mol. The summed E-state index contributed by atoms with van der Waals surface area (Å²) in [5.41, 5.74) is -2.10. The maximum absolute atomic E-state index is 13.5. The van der Waals surface area contributed by atoms with Crippen LogP contribution in [0.15, 0.2) is 71.8 Å². The highest BCUT2D eigenvalue weighted by molar-refractivity contribution is 7.98. The molecule has 0 aromatic heterocycles. The van der Waals surface area contributed by atoms with E-state index >= 15 is 0 Å². The van der Waals surface area contributed by atoms with Gasteiger partial charge in [-0.25, -0.2) is 0 Å². The highest BCUT2D eigenvalue weighted by Gasteiger charge is 2.52. The van der Waals surface area contributed by atoms with Crippen LogP contribution in [0, 0.1) is 0 Å². The molecule has 1 heterocycles. The molecule has 150 valence electrons. The first-order chi connectivity index (χ1) is 13.8. The number of benzene rings is 1. The van der Waals surface area contributed by atoms with Crippen LogP contribution < -0.4 is 0 Å². The van der Waals surface area contributed by atoms with Gasteiger partial charge in [-0.15, -0.1) is 11.8 Å². The zero-order valence-corrected chi connectivity index (χ0v) is 16.9. The van der Waals surface area contributed by atoms with Crippen LogP contribution >= 0.6 is 11.8 Å². The van der Waals surface area contributed by atoms with Gasteiger partial charge in [0, 0.05) is 11.1 Å². The van der Waals surface area contributed by atoms with E-state index in [0.717, 1.165) is 22.2 Å². The van der Waals surface area contributed by atoms with Gasteiger partial charge in [0.2, 0.25) is 0 Å². The molecule has 1 aromatic carbocycles. The molecule has 1 aliphatic heterocycles. The van der Waals surface area contributed by atoms with Crippen molar-refractivity contribution in [2.75, 3.05) is 6.26 Å². The highest BCUT2D eigenvalue weighted by atomic mass is 32.2. The van der Waals surface area contributed by atoms with Gasteiger partial charge in [0.15, 0.2) is 0 Å². The first kappa shape index (κ1) is 19.8. The zero-order valence-electron chi connectivity index (χ0n) is 15.2. The van der Waals surface area contributed by atoms with Crippen LogP contribution in [0.3, 0.4) is 0 Å². The molecule has 4 rings (SSSR count). The maximum Gasteiger partial charge on any atom is 0.516 e. The number of rotatable bonds is 3. The predicted octanol–water partition coefficient (Wildman–Crippen LogP) is 5.74. The van der Waals surface area contributed by atoms with Crippen molar-refractivity contribution >= 4 is 27.9 Å². The second kappa shape index (κ2) is 7.11. The summed E-state index contributed by atoms with van der Waals surface area (Å²) >= 11 is 1.47. The Morgan fingerprint density at radius 1 is 0.931 bits per heavy atom. The summed E-state index contributed by atoms with van der Waals surface area (Å²) in [7, 11) is -5.58. The lowest BCUT2D eigenvalue weighted by atomic mass is 9.91. The summed E-state index contributed by atoms with van der Waals surface area (Å²) in [4.78, 5) is 0.877. The Morgan fingerprint density at radius 3 is 2.28 bits per heavy atom. The normalized spacial score (nSPS) is 16.8. The molecule has 0 saturated carbocycles. The number of alkyl halides is 3. The smallest absolute Gasteiger partial charge is 0.258 e. The van der Waals surface area contributed by atoms with Crippen molar-refractivity contribution in [3.05, 3.63) is 83.6 Å². The molecule has 0 saturated heterocycles. The Balaban J connectivity index is 2.01. The first-order valence-electron chi connectivity index (χ1n) is 8.68. The Morgan fingerprint density at radius 2 is 1.59 bits per heavy atom. The fraction of sp³-hybridized carbons (Fsp3) is 0.143. The quantitative estimate of drug-likeness (QED) is 0.493. The third kappa shape index (κ3) is 3.20. The van der Waals surface area contributed by atoms with E-state index in [1.54, 1.807) is 36.4 Å². The molecule has 0 amide bonds. The van der Waals surface area contributed by atoms with Crippen molar-refractivity contribution in [3.63, 3.8) is 0 Å². The molecule has 8 heteroatoms. The summed E-state index contributed by atoms with van der Waals surface area (Å²) in [6.07, 6.45) is 4.29. The zero-order chi connectivity index (χ0) is 20.8. The lowest BCUT2D eigenvalue weighted by Crippen LogP contribution is -2.41. The number of fused-ring (bicyclic) bond motifs is 2. The van der Waals surface area contributed by atoms with E-state index in [0.29, 0.717) is 21.0 Å². The van der Waals surface area contributed by atoms with Crippen LogP contribution in [-0.4, -0.2) is 24.5 Å². The minimum absolute atomic E-state index is 0.432. The summed E-state index contributed by atoms with van der Waals surface area (Å²) in [6, 6.07) is 16.7. The Labute approximate surface area is 171 Å². The third-order valence-corrected chi connectivity index (χ3v) is 7.18. The highest BCUT2D eigenvalue weighted by Crippen LogP contribution is 2.47. The topological polar surface area (TPSA) is 37.4 Å². The third-order valence-electron chi connectivity index (χ3n) is 4.93. The van der Waals surface area contributed by atoms with Gasteiger partial charge in [0.1, 0.15) is 0 Å². The van der Waals surface area contributed by atoms with Crippen LogP contribution in [0.25, 0.3) is 17.2 Å². The van der Waals surface area contributed by atoms with E-state index in [4.69, 9.17) is 0 Å². The van der Waals surface area contributed by atoms with Gasteiger partial charge < -0.3 is 0 Å². The van der Waals surface area contributed by atoms with Gasteiger partial charge in [0.25, 0.3) is 0 Å². The largest absolute Gasteiger partial charge is 0.516 e. The molecule has 0 spiro atoms. The molecule has 3 nitrogen and oxygen atoms in total. The van der Waals surface area contributed by atoms with E-state index < -0.39 is 21.6 Å². The molecule has 0 radical (unpaired) electrons. The van der Waals surface area contributed by atoms with Crippen molar-refractivity contribution < 1.29 is 21.6 Å². The SMILES string of the molecule is CSc1cc(C2c3ccccc3C=CN2S(=O)(=O)C(F)(F)F)c2cccccc1-2. The number of sulfonamides is 1. The van der Waals surface area contributed by atoms with E-state index in [1.165, 1.54) is 17.8 Å². The van der Waals surface area contributed by atoms with Crippen molar-refractivity contribution in [1.82, 2.24) is 4.31 Å². The summed E-state index contributed by atoms with van der Waals surface area (Å²) in [6.45, 7) is 0. The number of hydrogen-bond acceptors (Lipinski definition) is 3. The molecule has 2 aliphatic carbocycles. The molecule has 29 heavy (non-hydrogen) atoms. The summed E-state index contributed by atoms with van der Waals surface area (Å²) in [5, 5.41) is 0. The molecule has 0 bridgehead atoms. The lowest BCUT2D eigenvalue weighted by molar-refractivity contribution is -0.0483. The summed E-state index contributed by atoms with van der Waals surface area (Å²) < 4.78 is 65.7. The fourth-order valence-electron chi connectivity index (χ4n) is 3.64. The van der Waals surface area contributed by atoms with Gasteiger partial charge in [-0.3, -0.25) is 4.31 Å². The van der Waals surface area contributed by atoms with Crippen LogP contribution in [0.1, 0.15) is 22.7 Å². The first-order valence-corrected chi connectivity index (χ1v) is 11.3. The molecule has 0 N–H and O–H groups in total. The van der Waals surface area contributed by atoms with Gasteiger partial charge in [0.05, 0.1) is 6.04 Å². The fourth-order valence-corrected chi connectivity index (χ4v) is 5.24. The van der Waals surface area contributed by atoms with Crippen LogP contribution in [0.4, 0.5) is 13.2 Å². The van der Waals surface area contributed by atoms with Crippen molar-refractivity contribution in [2.24, 2.45) is 0 Å². The molecule has 3 aliphatic rings. The van der Waals surface area contributed by atoms with E-state index in [2.05, 4.69) is 0 Å². The van der Waals surface area contributed by atoms with Gasteiger partial charge in [-0.1, -0.05) is 54.6 Å². The van der Waals surface area contributed by atoms with E-state index in [9.17, 15) is 21.6 Å². The molecular weight excluding hydrogens is 419 g/mol. The Kier molecular flexibility index (Phi) is 4.86. The molecule has 0 fully saturated rings. The summed E-state index contributed by atoms with van der Waals surface area (Å²) in [5.74, 6) is 0. The van der Waals surface area contributed by atoms with Gasteiger partial charge in [-0.2, -0.15) is 21.6 Å². The number of halogens is 3. The minimum Gasteiger partial charge on any atom is -0.258 e. The maximum atomic E-state index is 13.5. The second-order valence-electron chi connectivity index (χ2n) is 6.53. The molecular formula is C21H16F3NO2S2. The monoisotopic (exact) mass is 435 g/mol. The number of nitrogens with zero attached hydrogens (tertiary/aromatic N) is 1. The van der Waals surface area contributed by atoms with Crippen LogP contribution in [0.2, 0.25) is 0 Å². The van der Waals surface area contributed by atoms with Crippen LogP contribution in [0.5, 0.6) is 0 Å². The minimum atomic E-state index is -5.58. The van der Waals surface area contributed by atoms with Crippen molar-refractivity contribution in [3.8, 4) is 11.1 Å². The number of thioether (sulfide) groups is 1.